The summed E-state index contributed by atoms with van der Waals surface area (Å²) in [5.74, 6) is -4.77. The second-order valence-corrected chi connectivity index (χ2v) is 7.06. The number of aliphatic hydroxyl groups excluding tert-OH is 1. The summed E-state index contributed by atoms with van der Waals surface area (Å²) >= 11 is 0. The third-order valence-electron chi connectivity index (χ3n) is 5.17. The number of benzene rings is 3. The van der Waals surface area contributed by atoms with Crippen LogP contribution in [0.4, 0.5) is 14.5 Å². The van der Waals surface area contributed by atoms with Gasteiger partial charge >= 0.3 is 0 Å². The van der Waals surface area contributed by atoms with E-state index < -0.39 is 35.1 Å². The number of rotatable bonds is 4. The van der Waals surface area contributed by atoms with Gasteiger partial charge in [-0.3, -0.25) is 14.5 Å². The molecule has 1 aliphatic heterocycles. The number of nitrogens with zero attached hydrogens (tertiary/aromatic N) is 1. The second-order valence-electron chi connectivity index (χ2n) is 7.06. The molecule has 0 aliphatic carbocycles. The standard InChI is InChI=1S/C24H17F2NO5/c1-32-19-8-3-2-7-16(19)22(29)20-21(13-5-4-6-15(28)11-13)27(24(31)23(20)30)14-9-10-17(25)18(26)12-14/h2-12,21,28-29H,1H3/b22-20+. The van der Waals surface area contributed by atoms with E-state index in [0.717, 1.165) is 23.1 Å². The van der Waals surface area contributed by atoms with Gasteiger partial charge < -0.3 is 14.9 Å². The van der Waals surface area contributed by atoms with Crippen molar-refractivity contribution in [1.82, 2.24) is 0 Å². The summed E-state index contributed by atoms with van der Waals surface area (Å²) < 4.78 is 32.7. The monoisotopic (exact) mass is 437 g/mol. The van der Waals surface area contributed by atoms with Crippen molar-refractivity contribution >= 4 is 23.1 Å². The first-order valence-electron chi connectivity index (χ1n) is 9.52. The minimum atomic E-state index is -1.21. The molecule has 162 valence electrons. The van der Waals surface area contributed by atoms with Gasteiger partial charge in [-0.2, -0.15) is 0 Å². The fourth-order valence-corrected chi connectivity index (χ4v) is 3.73. The van der Waals surface area contributed by atoms with E-state index in [0.29, 0.717) is 0 Å². The van der Waals surface area contributed by atoms with Gasteiger partial charge in [0.05, 0.1) is 24.3 Å². The number of phenolic OH excluding ortho intramolecular Hbond substituents is 1. The molecule has 1 aliphatic rings. The number of amides is 1. The largest absolute Gasteiger partial charge is 0.508 e. The van der Waals surface area contributed by atoms with E-state index in [9.17, 15) is 28.6 Å². The van der Waals surface area contributed by atoms with Gasteiger partial charge in [-0.15, -0.1) is 0 Å². The summed E-state index contributed by atoms with van der Waals surface area (Å²) in [5.41, 5.74) is 0.0853. The first-order chi connectivity index (χ1) is 15.3. The van der Waals surface area contributed by atoms with E-state index in [1.54, 1.807) is 24.3 Å². The molecule has 0 bridgehead atoms. The van der Waals surface area contributed by atoms with Crippen molar-refractivity contribution in [3.8, 4) is 11.5 Å². The number of Topliss-reactive ketones (excluding diaryl/α,β-unsaturated/α-hetero) is 1. The van der Waals surface area contributed by atoms with Crippen LogP contribution in [-0.2, 0) is 9.59 Å². The van der Waals surface area contributed by atoms with Gasteiger partial charge in [-0.1, -0.05) is 24.3 Å². The van der Waals surface area contributed by atoms with E-state index in [1.807, 2.05) is 0 Å². The van der Waals surface area contributed by atoms with Crippen LogP contribution in [0.3, 0.4) is 0 Å². The zero-order chi connectivity index (χ0) is 23.0. The fraction of sp³-hybridized carbons (Fsp3) is 0.0833. The number of carbonyl (C=O) groups is 2. The van der Waals surface area contributed by atoms with Gasteiger partial charge in [-0.05, 0) is 42.0 Å². The normalized spacial score (nSPS) is 17.6. The molecule has 6 nitrogen and oxygen atoms in total. The summed E-state index contributed by atoms with van der Waals surface area (Å²) in [6, 6.07) is 13.7. The number of hydrogen-bond donors (Lipinski definition) is 2. The molecule has 3 aromatic carbocycles. The van der Waals surface area contributed by atoms with E-state index in [4.69, 9.17) is 4.74 Å². The molecule has 1 fully saturated rings. The van der Waals surface area contributed by atoms with Gasteiger partial charge in [0.2, 0.25) is 0 Å². The Morgan fingerprint density at radius 2 is 1.72 bits per heavy atom. The number of para-hydroxylation sites is 1. The second kappa shape index (κ2) is 8.14. The lowest BCUT2D eigenvalue weighted by atomic mass is 9.94. The molecule has 3 aromatic rings. The third kappa shape index (κ3) is 3.45. The Morgan fingerprint density at radius 3 is 2.41 bits per heavy atom. The summed E-state index contributed by atoms with van der Waals surface area (Å²) in [6.07, 6.45) is 0. The van der Waals surface area contributed by atoms with Crippen molar-refractivity contribution in [2.24, 2.45) is 0 Å². The van der Waals surface area contributed by atoms with Crippen LogP contribution in [0.25, 0.3) is 5.76 Å². The van der Waals surface area contributed by atoms with Crippen LogP contribution in [0.1, 0.15) is 17.2 Å². The number of halogens is 2. The fourth-order valence-electron chi connectivity index (χ4n) is 3.73. The van der Waals surface area contributed by atoms with Crippen molar-refractivity contribution in [2.45, 2.75) is 6.04 Å². The Kier molecular flexibility index (Phi) is 5.36. The van der Waals surface area contributed by atoms with Gasteiger partial charge in [-0.25, -0.2) is 8.78 Å². The number of aromatic hydroxyl groups is 1. The van der Waals surface area contributed by atoms with Crippen molar-refractivity contribution in [3.05, 3.63) is 95.1 Å². The summed E-state index contributed by atoms with van der Waals surface area (Å²) in [6.45, 7) is 0. The lowest BCUT2D eigenvalue weighted by Gasteiger charge is -2.25. The molecule has 1 atom stereocenters. The van der Waals surface area contributed by atoms with E-state index in [-0.39, 0.29) is 33.9 Å². The van der Waals surface area contributed by atoms with Crippen LogP contribution in [0.15, 0.2) is 72.3 Å². The highest BCUT2D eigenvalue weighted by atomic mass is 19.2. The van der Waals surface area contributed by atoms with E-state index in [2.05, 4.69) is 0 Å². The summed E-state index contributed by atoms with van der Waals surface area (Å²) in [4.78, 5) is 27.0. The average Bonchev–Trinajstić information content (AvgIpc) is 3.06. The predicted molar refractivity (Wildman–Crippen MR) is 112 cm³/mol. The van der Waals surface area contributed by atoms with Crippen molar-refractivity contribution in [3.63, 3.8) is 0 Å². The minimum absolute atomic E-state index is 0.0848. The van der Waals surface area contributed by atoms with Gasteiger partial charge in [0.25, 0.3) is 11.7 Å². The molecule has 0 aromatic heterocycles. The topological polar surface area (TPSA) is 87.1 Å². The first-order valence-corrected chi connectivity index (χ1v) is 9.52. The molecule has 32 heavy (non-hydrogen) atoms. The maximum Gasteiger partial charge on any atom is 0.300 e. The smallest absolute Gasteiger partial charge is 0.300 e. The molecule has 4 rings (SSSR count). The molecule has 1 amide bonds. The quantitative estimate of drug-likeness (QED) is 0.361. The number of ether oxygens (including phenoxy) is 1. The number of hydrogen-bond acceptors (Lipinski definition) is 5. The number of phenols is 1. The third-order valence-corrected chi connectivity index (χ3v) is 5.17. The van der Waals surface area contributed by atoms with Gasteiger partial charge in [0.1, 0.15) is 17.3 Å². The zero-order valence-corrected chi connectivity index (χ0v) is 16.8. The molecule has 0 radical (unpaired) electrons. The minimum Gasteiger partial charge on any atom is -0.508 e. The average molecular weight is 437 g/mol. The lowest BCUT2D eigenvalue weighted by molar-refractivity contribution is -0.132. The SMILES string of the molecule is COc1ccccc1/C(O)=C1\C(=O)C(=O)N(c2ccc(F)c(F)c2)C1c1cccc(O)c1. The van der Waals surface area contributed by atoms with Gasteiger partial charge in [0.15, 0.2) is 11.6 Å². The molecular formula is C24H17F2NO5. The Labute approximate surface area is 181 Å². The Morgan fingerprint density at radius 1 is 0.969 bits per heavy atom. The molecule has 1 unspecified atom stereocenters. The number of carbonyl (C=O) groups excluding carboxylic acids is 2. The summed E-state index contributed by atoms with van der Waals surface area (Å²) in [7, 11) is 1.39. The van der Waals surface area contributed by atoms with Gasteiger partial charge in [0, 0.05) is 11.8 Å². The number of methoxy groups -OCH3 is 1. The number of anilines is 1. The molecule has 1 heterocycles. The van der Waals surface area contributed by atoms with Crippen LogP contribution in [0, 0.1) is 11.6 Å². The Balaban J connectivity index is 1.99. The molecule has 1 saturated heterocycles. The molecule has 8 heteroatoms. The highest BCUT2D eigenvalue weighted by molar-refractivity contribution is 6.51. The first kappa shape index (κ1) is 21.0. The van der Waals surface area contributed by atoms with Crippen molar-refractivity contribution < 1.29 is 33.3 Å². The zero-order valence-electron chi connectivity index (χ0n) is 16.8. The lowest BCUT2D eigenvalue weighted by Crippen LogP contribution is -2.29. The van der Waals surface area contributed by atoms with Crippen LogP contribution >= 0.6 is 0 Å². The Bertz CT molecular complexity index is 1270. The molecule has 2 N–H and O–H groups in total. The molecule has 0 saturated carbocycles. The highest BCUT2D eigenvalue weighted by Gasteiger charge is 2.47. The van der Waals surface area contributed by atoms with Crippen LogP contribution in [0.5, 0.6) is 11.5 Å². The van der Waals surface area contributed by atoms with Crippen LogP contribution < -0.4 is 9.64 Å². The maximum atomic E-state index is 14.0. The van der Waals surface area contributed by atoms with E-state index >= 15 is 0 Å². The predicted octanol–water partition coefficient (Wildman–Crippen LogP) is 4.31. The van der Waals surface area contributed by atoms with Crippen molar-refractivity contribution in [2.75, 3.05) is 12.0 Å². The summed E-state index contributed by atoms with van der Waals surface area (Å²) in [5, 5.41) is 21.1. The van der Waals surface area contributed by atoms with Crippen LogP contribution in [-0.4, -0.2) is 29.0 Å². The highest BCUT2D eigenvalue weighted by Crippen LogP contribution is 2.43. The molecular weight excluding hydrogens is 420 g/mol. The number of aliphatic hydroxyl groups is 1. The number of ketones is 1. The van der Waals surface area contributed by atoms with Crippen LogP contribution in [0.2, 0.25) is 0 Å². The van der Waals surface area contributed by atoms with Crippen molar-refractivity contribution in [1.29, 1.82) is 0 Å². The molecule has 0 spiro atoms. The maximum absolute atomic E-state index is 14.0. The Hall–Kier alpha value is -4.20. The van der Waals surface area contributed by atoms with E-state index in [1.165, 1.54) is 31.4 Å².